The Morgan fingerprint density at radius 1 is 1.41 bits per heavy atom. The Labute approximate surface area is 133 Å². The summed E-state index contributed by atoms with van der Waals surface area (Å²) in [7, 11) is 0. The molecule has 7 heteroatoms. The van der Waals surface area contributed by atoms with E-state index >= 15 is 0 Å². The summed E-state index contributed by atoms with van der Waals surface area (Å²) in [4.78, 5) is 31.0. The van der Waals surface area contributed by atoms with Gasteiger partial charge in [-0.05, 0) is 20.8 Å². The summed E-state index contributed by atoms with van der Waals surface area (Å²) in [5, 5.41) is 0.720. The monoisotopic (exact) mass is 323 g/mol. The van der Waals surface area contributed by atoms with Gasteiger partial charge >= 0.3 is 0 Å². The molecule has 0 spiro atoms. The van der Waals surface area contributed by atoms with E-state index in [1.165, 1.54) is 0 Å². The molecule has 0 aromatic carbocycles. The van der Waals surface area contributed by atoms with E-state index in [9.17, 15) is 9.59 Å². The first kappa shape index (κ1) is 15.6. The van der Waals surface area contributed by atoms with E-state index in [0.717, 1.165) is 10.9 Å². The van der Waals surface area contributed by atoms with Gasteiger partial charge in [-0.1, -0.05) is 11.8 Å². The van der Waals surface area contributed by atoms with Crippen molar-refractivity contribution in [3.8, 4) is 0 Å². The molecule has 2 aliphatic rings. The number of rotatable bonds is 2. The van der Waals surface area contributed by atoms with E-state index in [0.29, 0.717) is 25.1 Å². The lowest BCUT2D eigenvalue weighted by atomic mass is 10.1. The van der Waals surface area contributed by atoms with Crippen LogP contribution in [-0.2, 0) is 9.53 Å². The fraction of sp³-hybridized carbons (Fsp3) is 0.667. The van der Waals surface area contributed by atoms with Gasteiger partial charge in [-0.15, -0.1) is 0 Å². The fourth-order valence-electron chi connectivity index (χ4n) is 3.08. The van der Waals surface area contributed by atoms with E-state index in [1.54, 1.807) is 29.4 Å². The number of hydrogen-bond donors (Lipinski definition) is 0. The first-order valence-corrected chi connectivity index (χ1v) is 8.58. The van der Waals surface area contributed by atoms with Crippen LogP contribution < -0.4 is 5.56 Å². The van der Waals surface area contributed by atoms with Crippen molar-refractivity contribution in [2.24, 2.45) is 0 Å². The largest absolute Gasteiger partial charge is 0.372 e. The zero-order valence-electron chi connectivity index (χ0n) is 13.1. The number of ether oxygens (including phenoxy) is 1. The summed E-state index contributed by atoms with van der Waals surface area (Å²) in [6, 6.07) is -0.0964. The van der Waals surface area contributed by atoms with Crippen LogP contribution in [0.3, 0.4) is 0 Å². The SMILES string of the molecule is Cc1cnc2n(c1=O)C(CC(=O)N1CC(C)OC(C)C1)CS2. The van der Waals surface area contributed by atoms with Crippen LogP contribution in [0.2, 0.25) is 0 Å². The molecular weight excluding hydrogens is 302 g/mol. The van der Waals surface area contributed by atoms with Crippen LogP contribution in [0.4, 0.5) is 0 Å². The van der Waals surface area contributed by atoms with Gasteiger partial charge in [-0.3, -0.25) is 14.2 Å². The van der Waals surface area contributed by atoms with Gasteiger partial charge in [0.2, 0.25) is 5.91 Å². The number of aryl methyl sites for hydroxylation is 1. The van der Waals surface area contributed by atoms with Crippen LogP contribution >= 0.6 is 11.8 Å². The highest BCUT2D eigenvalue weighted by atomic mass is 32.2. The molecule has 1 aromatic heterocycles. The average Bonchev–Trinajstić information content (AvgIpc) is 2.85. The third kappa shape index (κ3) is 2.92. The van der Waals surface area contributed by atoms with E-state index in [1.807, 2.05) is 18.7 Å². The summed E-state index contributed by atoms with van der Waals surface area (Å²) in [6.45, 7) is 6.96. The quantitative estimate of drug-likeness (QED) is 0.766. The minimum Gasteiger partial charge on any atom is -0.372 e. The third-order valence-electron chi connectivity index (χ3n) is 4.08. The Morgan fingerprint density at radius 3 is 2.77 bits per heavy atom. The van der Waals surface area contributed by atoms with Gasteiger partial charge in [0.15, 0.2) is 5.16 Å². The highest BCUT2D eigenvalue weighted by molar-refractivity contribution is 7.99. The first-order chi connectivity index (χ1) is 10.5. The Bertz CT molecular complexity index is 635. The van der Waals surface area contributed by atoms with Gasteiger partial charge in [0.1, 0.15) is 0 Å². The van der Waals surface area contributed by atoms with Gasteiger partial charge < -0.3 is 9.64 Å². The molecule has 1 aromatic rings. The summed E-state index contributed by atoms with van der Waals surface area (Å²) in [6.07, 6.45) is 2.08. The minimum atomic E-state index is -0.0964. The predicted molar refractivity (Wildman–Crippen MR) is 84.2 cm³/mol. The predicted octanol–water partition coefficient (Wildman–Crippen LogP) is 1.22. The number of morpholine rings is 1. The molecule has 3 unspecified atom stereocenters. The van der Waals surface area contributed by atoms with Crippen LogP contribution in [-0.4, -0.2) is 51.4 Å². The molecular formula is C15H21N3O3S. The second-order valence-electron chi connectivity index (χ2n) is 6.12. The van der Waals surface area contributed by atoms with Crippen LogP contribution in [0, 0.1) is 6.92 Å². The molecule has 1 amide bonds. The van der Waals surface area contributed by atoms with E-state index < -0.39 is 0 Å². The third-order valence-corrected chi connectivity index (χ3v) is 5.20. The van der Waals surface area contributed by atoms with Gasteiger partial charge in [0.05, 0.1) is 18.2 Å². The summed E-state index contributed by atoms with van der Waals surface area (Å²) in [5.74, 6) is 0.821. The zero-order chi connectivity index (χ0) is 15.9. The van der Waals surface area contributed by atoms with Crippen molar-refractivity contribution in [2.75, 3.05) is 18.8 Å². The van der Waals surface area contributed by atoms with Crippen LogP contribution in [0.1, 0.15) is 31.9 Å². The van der Waals surface area contributed by atoms with Gasteiger partial charge in [0, 0.05) is 37.0 Å². The smallest absolute Gasteiger partial charge is 0.257 e. The summed E-state index contributed by atoms with van der Waals surface area (Å²) in [5.41, 5.74) is 0.592. The molecule has 3 heterocycles. The molecule has 120 valence electrons. The molecule has 0 aliphatic carbocycles. The second kappa shape index (κ2) is 6.04. The first-order valence-electron chi connectivity index (χ1n) is 7.60. The molecule has 0 radical (unpaired) electrons. The maximum Gasteiger partial charge on any atom is 0.257 e. The summed E-state index contributed by atoms with van der Waals surface area (Å²) >= 11 is 1.55. The Balaban J connectivity index is 1.75. The molecule has 0 N–H and O–H groups in total. The molecule has 0 saturated carbocycles. The average molecular weight is 323 g/mol. The van der Waals surface area contributed by atoms with Crippen molar-refractivity contribution in [1.29, 1.82) is 0 Å². The van der Waals surface area contributed by atoms with Crippen LogP contribution in [0.5, 0.6) is 0 Å². The van der Waals surface area contributed by atoms with Crippen LogP contribution in [0.15, 0.2) is 16.1 Å². The molecule has 2 aliphatic heterocycles. The normalized spacial score (nSPS) is 27.8. The number of aromatic nitrogens is 2. The van der Waals surface area contributed by atoms with Crippen molar-refractivity contribution < 1.29 is 9.53 Å². The number of nitrogens with zero attached hydrogens (tertiary/aromatic N) is 3. The van der Waals surface area contributed by atoms with Crippen molar-refractivity contribution >= 4 is 17.7 Å². The Hall–Kier alpha value is -1.34. The van der Waals surface area contributed by atoms with Crippen LogP contribution in [0.25, 0.3) is 0 Å². The highest BCUT2D eigenvalue weighted by Crippen LogP contribution is 2.32. The molecule has 1 fully saturated rings. The topological polar surface area (TPSA) is 64.4 Å². The molecule has 3 rings (SSSR count). The zero-order valence-corrected chi connectivity index (χ0v) is 13.9. The number of thioether (sulfide) groups is 1. The van der Waals surface area contributed by atoms with Gasteiger partial charge in [-0.2, -0.15) is 0 Å². The molecule has 22 heavy (non-hydrogen) atoms. The number of amides is 1. The van der Waals surface area contributed by atoms with Crippen molar-refractivity contribution in [1.82, 2.24) is 14.5 Å². The Morgan fingerprint density at radius 2 is 2.09 bits per heavy atom. The fourth-order valence-corrected chi connectivity index (χ4v) is 4.19. The van der Waals surface area contributed by atoms with E-state index in [2.05, 4.69) is 4.98 Å². The Kier molecular flexibility index (Phi) is 4.27. The number of hydrogen-bond acceptors (Lipinski definition) is 5. The summed E-state index contributed by atoms with van der Waals surface area (Å²) < 4.78 is 7.35. The lowest BCUT2D eigenvalue weighted by Gasteiger charge is -2.35. The maximum atomic E-state index is 12.6. The lowest BCUT2D eigenvalue weighted by molar-refractivity contribution is -0.143. The van der Waals surface area contributed by atoms with Gasteiger partial charge in [-0.25, -0.2) is 4.98 Å². The molecule has 0 bridgehead atoms. The van der Waals surface area contributed by atoms with Crippen molar-refractivity contribution in [3.05, 3.63) is 22.1 Å². The number of fused-ring (bicyclic) bond motifs is 1. The highest BCUT2D eigenvalue weighted by Gasteiger charge is 2.31. The van der Waals surface area contributed by atoms with Gasteiger partial charge in [0.25, 0.3) is 5.56 Å². The number of carbonyl (C=O) groups is 1. The molecule has 1 saturated heterocycles. The van der Waals surface area contributed by atoms with E-state index in [-0.39, 0.29) is 29.7 Å². The number of carbonyl (C=O) groups excluding carboxylic acids is 1. The maximum absolute atomic E-state index is 12.6. The standard InChI is InChI=1S/C15H21N3O3S/c1-9-5-16-15-18(14(9)20)12(8-22-15)4-13(19)17-6-10(2)21-11(3)7-17/h5,10-12H,4,6-8H2,1-3H3. The second-order valence-corrected chi connectivity index (χ2v) is 7.11. The lowest BCUT2D eigenvalue weighted by Crippen LogP contribution is -2.48. The molecule has 6 nitrogen and oxygen atoms in total. The molecule has 3 atom stereocenters. The van der Waals surface area contributed by atoms with Crippen molar-refractivity contribution in [2.45, 2.75) is 50.6 Å². The van der Waals surface area contributed by atoms with Crippen molar-refractivity contribution in [3.63, 3.8) is 0 Å². The minimum absolute atomic E-state index is 0.0310. The van der Waals surface area contributed by atoms with E-state index in [4.69, 9.17) is 4.74 Å².